The number of benzene rings is 1. The minimum atomic E-state index is -0.288. The van der Waals surface area contributed by atoms with E-state index in [-0.39, 0.29) is 5.91 Å². The lowest BCUT2D eigenvalue weighted by Gasteiger charge is -2.11. The average Bonchev–Trinajstić information content (AvgIpc) is 3.08. The lowest BCUT2D eigenvalue weighted by atomic mass is 10.2. The van der Waals surface area contributed by atoms with Crippen LogP contribution in [0, 0.1) is 0 Å². The van der Waals surface area contributed by atoms with Gasteiger partial charge in [0.2, 0.25) is 5.95 Å². The molecule has 0 saturated heterocycles. The Hall–Kier alpha value is -2.34. The molecule has 1 amide bonds. The Balaban J connectivity index is 1.63. The van der Waals surface area contributed by atoms with E-state index in [0.29, 0.717) is 34.0 Å². The molecule has 1 aliphatic carbocycles. The van der Waals surface area contributed by atoms with E-state index in [1.165, 1.54) is 32.3 Å². The quantitative estimate of drug-likeness (QED) is 0.862. The van der Waals surface area contributed by atoms with Crippen molar-refractivity contribution >= 4 is 29.1 Å². The summed E-state index contributed by atoms with van der Waals surface area (Å²) < 4.78 is 5.09. The van der Waals surface area contributed by atoms with Crippen molar-refractivity contribution in [2.24, 2.45) is 0 Å². The van der Waals surface area contributed by atoms with Gasteiger partial charge in [0.25, 0.3) is 5.91 Å². The van der Waals surface area contributed by atoms with Gasteiger partial charge < -0.3 is 15.4 Å². The predicted molar refractivity (Wildman–Crippen MR) is 93.9 cm³/mol. The van der Waals surface area contributed by atoms with E-state index >= 15 is 0 Å². The highest BCUT2D eigenvalue weighted by atomic mass is 35.5. The summed E-state index contributed by atoms with van der Waals surface area (Å²) in [5.41, 5.74) is 0.970. The van der Waals surface area contributed by atoms with Crippen molar-refractivity contribution < 1.29 is 9.53 Å². The normalized spacial score (nSPS) is 14.4. The Bertz CT molecular complexity index is 715. The van der Waals surface area contributed by atoms with Crippen LogP contribution in [0.1, 0.15) is 36.0 Å². The van der Waals surface area contributed by atoms with Crippen LogP contribution in [-0.2, 0) is 0 Å². The summed E-state index contributed by atoms with van der Waals surface area (Å²) >= 11 is 6.05. The second kappa shape index (κ2) is 7.49. The highest BCUT2D eigenvalue weighted by Crippen LogP contribution is 2.27. The third kappa shape index (κ3) is 3.94. The van der Waals surface area contributed by atoms with Crippen LogP contribution in [0.15, 0.2) is 30.6 Å². The van der Waals surface area contributed by atoms with E-state index < -0.39 is 0 Å². The molecule has 0 atom stereocenters. The summed E-state index contributed by atoms with van der Waals surface area (Å²) in [6, 6.07) is 5.49. The first-order chi connectivity index (χ1) is 11.7. The zero-order valence-electron chi connectivity index (χ0n) is 13.4. The summed E-state index contributed by atoms with van der Waals surface area (Å²) in [6.45, 7) is 0. The first-order valence-electron chi connectivity index (χ1n) is 7.89. The van der Waals surface area contributed by atoms with Crippen LogP contribution in [-0.4, -0.2) is 29.0 Å². The van der Waals surface area contributed by atoms with E-state index in [0.717, 1.165) is 12.8 Å². The van der Waals surface area contributed by atoms with Crippen molar-refractivity contribution in [1.82, 2.24) is 9.97 Å². The van der Waals surface area contributed by atoms with Crippen LogP contribution in [0.5, 0.6) is 5.75 Å². The fourth-order valence-electron chi connectivity index (χ4n) is 2.72. The highest BCUT2D eigenvalue weighted by Gasteiger charge is 2.16. The van der Waals surface area contributed by atoms with Gasteiger partial charge in [-0.15, -0.1) is 0 Å². The Morgan fingerprint density at radius 2 is 1.96 bits per heavy atom. The minimum Gasteiger partial charge on any atom is -0.495 e. The number of halogens is 1. The summed E-state index contributed by atoms with van der Waals surface area (Å²) in [5.74, 6) is 0.829. The molecule has 3 rings (SSSR count). The Labute approximate surface area is 145 Å². The van der Waals surface area contributed by atoms with Gasteiger partial charge in [0.15, 0.2) is 0 Å². The first kappa shape index (κ1) is 16.5. The van der Waals surface area contributed by atoms with Crippen molar-refractivity contribution in [3.8, 4) is 5.75 Å². The fourth-order valence-corrected chi connectivity index (χ4v) is 2.98. The third-order valence-corrected chi connectivity index (χ3v) is 4.31. The molecule has 1 saturated carbocycles. The van der Waals surface area contributed by atoms with Crippen LogP contribution in [0.25, 0.3) is 0 Å². The summed E-state index contributed by atoms with van der Waals surface area (Å²) in [4.78, 5) is 20.7. The van der Waals surface area contributed by atoms with Gasteiger partial charge in [0.05, 0.1) is 17.7 Å². The molecule has 0 radical (unpaired) electrons. The van der Waals surface area contributed by atoms with Crippen molar-refractivity contribution in [3.05, 3.63) is 41.2 Å². The predicted octanol–water partition coefficient (Wildman–Crippen LogP) is 3.75. The molecule has 0 bridgehead atoms. The topological polar surface area (TPSA) is 76.1 Å². The number of anilines is 2. The van der Waals surface area contributed by atoms with Gasteiger partial charge in [-0.1, -0.05) is 24.4 Å². The number of ether oxygens (including phenoxy) is 1. The summed E-state index contributed by atoms with van der Waals surface area (Å²) in [5, 5.41) is 6.49. The van der Waals surface area contributed by atoms with Gasteiger partial charge >= 0.3 is 0 Å². The lowest BCUT2D eigenvalue weighted by molar-refractivity contribution is 0.102. The Morgan fingerprint density at radius 3 is 2.58 bits per heavy atom. The molecule has 1 aromatic carbocycles. The van der Waals surface area contributed by atoms with Crippen LogP contribution < -0.4 is 15.4 Å². The molecular formula is C17H19ClN4O2. The van der Waals surface area contributed by atoms with Crippen LogP contribution >= 0.6 is 11.6 Å². The maximum Gasteiger partial charge on any atom is 0.258 e. The highest BCUT2D eigenvalue weighted by molar-refractivity contribution is 6.32. The van der Waals surface area contributed by atoms with Gasteiger partial charge in [0, 0.05) is 24.1 Å². The van der Waals surface area contributed by atoms with E-state index in [9.17, 15) is 4.79 Å². The number of amides is 1. The van der Waals surface area contributed by atoms with Crippen molar-refractivity contribution in [2.75, 3.05) is 17.7 Å². The van der Waals surface area contributed by atoms with Gasteiger partial charge in [-0.2, -0.15) is 0 Å². The van der Waals surface area contributed by atoms with E-state index in [4.69, 9.17) is 16.3 Å². The molecule has 1 aromatic heterocycles. The molecule has 6 nitrogen and oxygen atoms in total. The lowest BCUT2D eigenvalue weighted by Crippen LogP contribution is -2.18. The second-order valence-corrected chi connectivity index (χ2v) is 6.13. The third-order valence-electron chi connectivity index (χ3n) is 4.01. The second-order valence-electron chi connectivity index (χ2n) is 5.72. The Morgan fingerprint density at radius 1 is 1.25 bits per heavy atom. The standard InChI is InChI=1S/C17H19ClN4O2/c1-24-15-7-6-13(8-14(15)18)21-16(23)11-9-19-17(20-10-11)22-12-4-2-3-5-12/h6-10,12H,2-5H2,1H3,(H,21,23)(H,19,20,22). The molecule has 1 fully saturated rings. The monoisotopic (exact) mass is 346 g/mol. The number of nitrogens with zero attached hydrogens (tertiary/aromatic N) is 2. The number of rotatable bonds is 5. The van der Waals surface area contributed by atoms with Crippen molar-refractivity contribution in [1.29, 1.82) is 0 Å². The minimum absolute atomic E-state index is 0.288. The number of carbonyl (C=O) groups excluding carboxylic acids is 1. The van der Waals surface area contributed by atoms with E-state index in [2.05, 4.69) is 20.6 Å². The zero-order valence-corrected chi connectivity index (χ0v) is 14.1. The number of hydrogen-bond acceptors (Lipinski definition) is 5. The maximum absolute atomic E-state index is 12.2. The zero-order chi connectivity index (χ0) is 16.9. The number of hydrogen-bond donors (Lipinski definition) is 2. The molecule has 7 heteroatoms. The summed E-state index contributed by atoms with van der Waals surface area (Å²) in [7, 11) is 1.54. The number of methoxy groups -OCH3 is 1. The molecule has 2 N–H and O–H groups in total. The van der Waals surface area contributed by atoms with E-state index in [1.54, 1.807) is 18.2 Å². The molecule has 24 heavy (non-hydrogen) atoms. The maximum atomic E-state index is 12.2. The number of nitrogens with one attached hydrogen (secondary N) is 2. The van der Waals surface area contributed by atoms with Crippen LogP contribution in [0.4, 0.5) is 11.6 Å². The molecule has 0 unspecified atom stereocenters. The average molecular weight is 347 g/mol. The molecule has 2 aromatic rings. The molecule has 0 aliphatic heterocycles. The van der Waals surface area contributed by atoms with Crippen LogP contribution in [0.2, 0.25) is 5.02 Å². The smallest absolute Gasteiger partial charge is 0.258 e. The molecule has 0 spiro atoms. The van der Waals surface area contributed by atoms with Crippen molar-refractivity contribution in [3.63, 3.8) is 0 Å². The van der Waals surface area contributed by atoms with Gasteiger partial charge in [-0.25, -0.2) is 9.97 Å². The van der Waals surface area contributed by atoms with E-state index in [1.807, 2.05) is 0 Å². The molecule has 1 heterocycles. The summed E-state index contributed by atoms with van der Waals surface area (Å²) in [6.07, 6.45) is 7.80. The first-order valence-corrected chi connectivity index (χ1v) is 8.27. The molecule has 126 valence electrons. The van der Waals surface area contributed by atoms with Gasteiger partial charge in [-0.05, 0) is 31.0 Å². The number of aromatic nitrogens is 2. The van der Waals surface area contributed by atoms with Crippen molar-refractivity contribution in [2.45, 2.75) is 31.7 Å². The Kier molecular flexibility index (Phi) is 5.15. The molecule has 1 aliphatic rings. The van der Waals surface area contributed by atoms with Crippen LogP contribution in [0.3, 0.4) is 0 Å². The SMILES string of the molecule is COc1ccc(NC(=O)c2cnc(NC3CCCC3)nc2)cc1Cl. The largest absolute Gasteiger partial charge is 0.495 e. The van der Waals surface area contributed by atoms with Gasteiger partial charge in [0.1, 0.15) is 5.75 Å². The van der Waals surface area contributed by atoms with Gasteiger partial charge in [-0.3, -0.25) is 4.79 Å². The molecular weight excluding hydrogens is 328 g/mol. The number of carbonyl (C=O) groups is 1. The fraction of sp³-hybridized carbons (Fsp3) is 0.353.